The van der Waals surface area contributed by atoms with E-state index in [2.05, 4.69) is 15.1 Å². The Morgan fingerprint density at radius 2 is 2.00 bits per heavy atom. The first-order chi connectivity index (χ1) is 13.6. The van der Waals surface area contributed by atoms with Gasteiger partial charge in [0, 0.05) is 17.8 Å². The number of nitrogens with zero attached hydrogens (tertiary/aromatic N) is 3. The number of hydrogen-bond acceptors (Lipinski definition) is 7. The van der Waals surface area contributed by atoms with Crippen LogP contribution < -0.4 is 0 Å². The Kier molecular flexibility index (Phi) is 5.77. The molecule has 140 valence electrons. The maximum absolute atomic E-state index is 12.4. The van der Waals surface area contributed by atoms with Crippen molar-refractivity contribution in [2.75, 3.05) is 5.75 Å². The van der Waals surface area contributed by atoms with Crippen LogP contribution in [0.4, 0.5) is 0 Å². The van der Waals surface area contributed by atoms with Crippen molar-refractivity contribution in [2.24, 2.45) is 0 Å². The molecule has 0 bridgehead atoms. The summed E-state index contributed by atoms with van der Waals surface area (Å²) in [5, 5.41) is 7.33. The predicted molar refractivity (Wildman–Crippen MR) is 112 cm³/mol. The Bertz CT molecular complexity index is 1130. The lowest BCUT2D eigenvalue weighted by Gasteiger charge is -2.00. The van der Waals surface area contributed by atoms with Crippen LogP contribution in [0, 0.1) is 0 Å². The summed E-state index contributed by atoms with van der Waals surface area (Å²) in [4.78, 5) is 22.2. The summed E-state index contributed by atoms with van der Waals surface area (Å²) < 4.78 is 5.19. The largest absolute Gasteiger partial charge is 0.352 e. The minimum absolute atomic E-state index is 0.143. The number of rotatable bonds is 6. The van der Waals surface area contributed by atoms with Crippen molar-refractivity contribution < 1.29 is 9.32 Å². The number of ketones is 1. The fraction of sp³-hybridized carbons (Fsp3) is 0.0526. The third kappa shape index (κ3) is 4.28. The van der Waals surface area contributed by atoms with Crippen molar-refractivity contribution in [1.82, 2.24) is 15.1 Å². The topological polar surface area (TPSA) is 68.9 Å². The lowest BCUT2D eigenvalue weighted by Crippen LogP contribution is -2.01. The van der Waals surface area contributed by atoms with Crippen LogP contribution in [0.25, 0.3) is 21.8 Å². The molecule has 0 saturated heterocycles. The van der Waals surface area contributed by atoms with E-state index in [0.717, 1.165) is 16.1 Å². The number of benzene rings is 1. The summed E-state index contributed by atoms with van der Waals surface area (Å²) in [5.41, 5.74) is 2.07. The van der Waals surface area contributed by atoms with Gasteiger partial charge in [-0.2, -0.15) is 0 Å². The molecule has 0 radical (unpaired) electrons. The van der Waals surface area contributed by atoms with Crippen LogP contribution in [0.3, 0.4) is 0 Å². The van der Waals surface area contributed by atoms with Crippen LogP contribution in [0.15, 0.2) is 63.7 Å². The molecule has 0 N–H and O–H groups in total. The summed E-state index contributed by atoms with van der Waals surface area (Å²) in [7, 11) is 0. The Balaban J connectivity index is 1.44. The van der Waals surface area contributed by atoms with Gasteiger partial charge in [0.25, 0.3) is 0 Å². The molecular formula is C19H11Cl2N3O2S2. The average molecular weight is 448 g/mol. The fourth-order valence-corrected chi connectivity index (χ4v) is 4.07. The molecule has 3 heterocycles. The zero-order valence-corrected chi connectivity index (χ0v) is 17.3. The van der Waals surface area contributed by atoms with E-state index in [1.54, 1.807) is 41.8 Å². The van der Waals surface area contributed by atoms with Crippen molar-refractivity contribution >= 4 is 52.1 Å². The van der Waals surface area contributed by atoms with Gasteiger partial charge >= 0.3 is 0 Å². The molecule has 0 atom stereocenters. The molecule has 0 aliphatic heterocycles. The Morgan fingerprint density at radius 3 is 2.79 bits per heavy atom. The van der Waals surface area contributed by atoms with Crippen molar-refractivity contribution in [3.8, 4) is 21.8 Å². The second-order valence-corrected chi connectivity index (χ2v) is 8.32. The molecule has 28 heavy (non-hydrogen) atoms. The molecule has 4 aromatic rings. The van der Waals surface area contributed by atoms with E-state index in [0.29, 0.717) is 20.9 Å². The molecular weight excluding hydrogens is 437 g/mol. The number of halogens is 2. The number of hydrogen-bond donors (Lipinski definition) is 0. The highest BCUT2D eigenvalue weighted by molar-refractivity contribution is 7.99. The molecule has 0 amide bonds. The Hall–Kier alpha value is -2.19. The van der Waals surface area contributed by atoms with Crippen LogP contribution in [0.5, 0.6) is 0 Å². The van der Waals surface area contributed by atoms with Crippen molar-refractivity contribution in [2.45, 2.75) is 5.16 Å². The smallest absolute Gasteiger partial charge is 0.211 e. The molecule has 0 fully saturated rings. The normalized spacial score (nSPS) is 10.9. The van der Waals surface area contributed by atoms with Crippen LogP contribution in [-0.2, 0) is 0 Å². The third-order valence-corrected chi connectivity index (χ3v) is 6.23. The van der Waals surface area contributed by atoms with Gasteiger partial charge in [-0.25, -0.2) is 9.97 Å². The molecule has 0 unspecified atom stereocenters. The van der Waals surface area contributed by atoms with Crippen LogP contribution in [0.2, 0.25) is 10.0 Å². The van der Waals surface area contributed by atoms with Gasteiger partial charge in [-0.15, -0.1) is 11.3 Å². The minimum atomic E-state index is -0.200. The van der Waals surface area contributed by atoms with E-state index in [1.165, 1.54) is 11.8 Å². The van der Waals surface area contributed by atoms with Gasteiger partial charge in [-0.1, -0.05) is 52.3 Å². The third-order valence-electron chi connectivity index (χ3n) is 3.74. The van der Waals surface area contributed by atoms with E-state index < -0.39 is 0 Å². The van der Waals surface area contributed by atoms with Gasteiger partial charge in [0.15, 0.2) is 5.16 Å². The number of thiophene rings is 1. The van der Waals surface area contributed by atoms with E-state index >= 15 is 0 Å². The summed E-state index contributed by atoms with van der Waals surface area (Å²) in [6.45, 7) is 0. The SMILES string of the molecule is O=C(CSc1nccc(-c2cccs2)n1)c1cc(-c2ccc(Cl)c(Cl)c2)no1. The fourth-order valence-electron chi connectivity index (χ4n) is 2.37. The number of Topliss-reactive ketones (excluding diaryl/α,β-unsaturated/α-hetero) is 1. The monoisotopic (exact) mass is 447 g/mol. The number of carbonyl (C=O) groups is 1. The first-order valence-electron chi connectivity index (χ1n) is 8.05. The van der Waals surface area contributed by atoms with Crippen molar-refractivity contribution in [3.63, 3.8) is 0 Å². The summed E-state index contributed by atoms with van der Waals surface area (Å²) in [5.74, 6) is 0.112. The Morgan fingerprint density at radius 1 is 1.11 bits per heavy atom. The summed E-state index contributed by atoms with van der Waals surface area (Å²) in [6, 6.07) is 12.5. The molecule has 0 aliphatic carbocycles. The maximum atomic E-state index is 12.4. The van der Waals surface area contributed by atoms with E-state index in [1.807, 2.05) is 23.6 Å². The first kappa shape index (κ1) is 19.1. The number of aromatic nitrogens is 3. The molecule has 0 spiro atoms. The summed E-state index contributed by atoms with van der Waals surface area (Å²) in [6.07, 6.45) is 1.69. The van der Waals surface area contributed by atoms with Crippen LogP contribution >= 0.6 is 46.3 Å². The van der Waals surface area contributed by atoms with Gasteiger partial charge < -0.3 is 4.52 Å². The predicted octanol–water partition coefficient (Wildman–Crippen LogP) is 6.14. The number of thioether (sulfide) groups is 1. The highest BCUT2D eigenvalue weighted by Crippen LogP contribution is 2.29. The Labute approximate surface area is 178 Å². The van der Waals surface area contributed by atoms with Gasteiger partial charge in [-0.05, 0) is 29.6 Å². The second kappa shape index (κ2) is 8.45. The van der Waals surface area contributed by atoms with Gasteiger partial charge in [0.2, 0.25) is 11.5 Å². The van der Waals surface area contributed by atoms with Crippen molar-refractivity contribution in [1.29, 1.82) is 0 Å². The standard InChI is InChI=1S/C19H11Cl2N3O2S2/c20-12-4-3-11(8-13(12)21)15-9-17(26-24-15)16(25)10-28-19-22-6-5-14(23-19)18-2-1-7-27-18/h1-9H,10H2. The van der Waals surface area contributed by atoms with Gasteiger partial charge in [0.05, 0.1) is 26.4 Å². The van der Waals surface area contributed by atoms with Crippen LogP contribution in [-0.4, -0.2) is 26.7 Å². The second-order valence-electron chi connectivity index (χ2n) is 5.62. The van der Waals surface area contributed by atoms with Gasteiger partial charge in [0.1, 0.15) is 5.69 Å². The molecule has 0 saturated carbocycles. The van der Waals surface area contributed by atoms with Gasteiger partial charge in [-0.3, -0.25) is 4.79 Å². The van der Waals surface area contributed by atoms with E-state index in [4.69, 9.17) is 27.7 Å². The highest BCUT2D eigenvalue weighted by atomic mass is 35.5. The quantitative estimate of drug-likeness (QED) is 0.200. The zero-order chi connectivity index (χ0) is 19.5. The molecule has 0 aliphatic rings. The first-order valence-corrected chi connectivity index (χ1v) is 10.7. The maximum Gasteiger partial charge on any atom is 0.211 e. The van der Waals surface area contributed by atoms with Crippen molar-refractivity contribution in [3.05, 3.63) is 69.8 Å². The highest BCUT2D eigenvalue weighted by Gasteiger charge is 2.16. The molecule has 4 rings (SSSR count). The van der Waals surface area contributed by atoms with E-state index in [9.17, 15) is 4.79 Å². The molecule has 9 heteroatoms. The zero-order valence-electron chi connectivity index (χ0n) is 14.1. The average Bonchev–Trinajstić information content (AvgIpc) is 3.41. The number of carbonyl (C=O) groups excluding carboxylic acids is 1. The van der Waals surface area contributed by atoms with Crippen LogP contribution in [0.1, 0.15) is 10.6 Å². The summed E-state index contributed by atoms with van der Waals surface area (Å²) >= 11 is 14.8. The lowest BCUT2D eigenvalue weighted by atomic mass is 10.1. The minimum Gasteiger partial charge on any atom is -0.352 e. The molecule has 3 aromatic heterocycles. The molecule has 5 nitrogen and oxygen atoms in total. The van der Waals surface area contributed by atoms with E-state index in [-0.39, 0.29) is 17.3 Å². The lowest BCUT2D eigenvalue weighted by molar-refractivity contribution is 0.0983. The molecule has 1 aromatic carbocycles.